The maximum Gasteiger partial charge on any atom is 0.412 e. The van der Waals surface area contributed by atoms with E-state index in [1.807, 2.05) is 122 Å². The molecule has 4 aromatic rings. The van der Waals surface area contributed by atoms with E-state index in [2.05, 4.69) is 0 Å². The van der Waals surface area contributed by atoms with E-state index in [1.165, 1.54) is 4.90 Å². The van der Waals surface area contributed by atoms with E-state index < -0.39 is 29.6 Å². The van der Waals surface area contributed by atoms with Crippen LogP contribution in [0.25, 0.3) is 0 Å². The molecule has 0 heterocycles. The molecule has 7 nitrogen and oxygen atoms in total. The molecule has 0 fully saturated rings. The van der Waals surface area contributed by atoms with Crippen LogP contribution >= 0.6 is 0 Å². The van der Waals surface area contributed by atoms with Gasteiger partial charge in [0.2, 0.25) is 5.91 Å². The van der Waals surface area contributed by atoms with E-state index in [0.717, 1.165) is 11.1 Å². The lowest BCUT2D eigenvalue weighted by molar-refractivity contribution is -0.144. The minimum atomic E-state index is -1.45. The number of carboxylic acids is 1. The van der Waals surface area contributed by atoms with Gasteiger partial charge in [0.05, 0.1) is 0 Å². The van der Waals surface area contributed by atoms with Crippen LogP contribution in [0.4, 0.5) is 4.79 Å². The smallest absolute Gasteiger partial charge is 0.412 e. The van der Waals surface area contributed by atoms with Gasteiger partial charge >= 0.3 is 12.1 Å². The van der Waals surface area contributed by atoms with E-state index in [-0.39, 0.29) is 19.4 Å². The normalized spacial score (nSPS) is 11.8. The zero-order valence-electron chi connectivity index (χ0n) is 22.3. The number of primary amides is 1. The zero-order valence-corrected chi connectivity index (χ0v) is 22.3. The van der Waals surface area contributed by atoms with Gasteiger partial charge in [-0.3, -0.25) is 9.69 Å². The lowest BCUT2D eigenvalue weighted by Crippen LogP contribution is -2.58. The third-order valence-electron chi connectivity index (χ3n) is 6.88. The molecule has 0 spiro atoms. The van der Waals surface area contributed by atoms with Crippen LogP contribution < -0.4 is 5.73 Å². The van der Waals surface area contributed by atoms with E-state index in [1.54, 1.807) is 0 Å². The predicted molar refractivity (Wildman–Crippen MR) is 152 cm³/mol. The highest BCUT2D eigenvalue weighted by Gasteiger charge is 2.50. The number of nitrogens with zero attached hydrogens (tertiary/aromatic N) is 1. The number of hydrogen-bond acceptors (Lipinski definition) is 4. The summed E-state index contributed by atoms with van der Waals surface area (Å²) in [5.74, 6) is -1.94. The quantitative estimate of drug-likeness (QED) is 0.241. The number of carbonyl (C=O) groups is 3. The van der Waals surface area contributed by atoms with Crippen molar-refractivity contribution in [2.24, 2.45) is 5.73 Å². The second-order valence-electron chi connectivity index (χ2n) is 9.58. The van der Waals surface area contributed by atoms with Crippen LogP contribution in [-0.4, -0.2) is 34.0 Å². The Bertz CT molecular complexity index is 1380. The van der Waals surface area contributed by atoms with Crippen LogP contribution in [0.15, 0.2) is 115 Å². The Morgan fingerprint density at radius 3 is 1.73 bits per heavy atom. The van der Waals surface area contributed by atoms with Gasteiger partial charge in [-0.05, 0) is 35.6 Å². The summed E-state index contributed by atoms with van der Waals surface area (Å²) in [6.45, 7) is 1.89. The molecule has 0 saturated heterocycles. The highest BCUT2D eigenvalue weighted by Crippen LogP contribution is 2.44. The van der Waals surface area contributed by atoms with E-state index in [0.29, 0.717) is 16.7 Å². The first-order valence-electron chi connectivity index (χ1n) is 13.0. The molecule has 40 heavy (non-hydrogen) atoms. The third-order valence-corrected chi connectivity index (χ3v) is 6.88. The van der Waals surface area contributed by atoms with Gasteiger partial charge in [-0.15, -0.1) is 0 Å². The van der Waals surface area contributed by atoms with Crippen molar-refractivity contribution in [1.82, 2.24) is 4.90 Å². The van der Waals surface area contributed by atoms with Crippen molar-refractivity contribution in [3.8, 4) is 0 Å². The van der Waals surface area contributed by atoms with Crippen molar-refractivity contribution in [2.45, 2.75) is 38.0 Å². The molecule has 0 aliphatic carbocycles. The number of ether oxygens (including phenoxy) is 1. The van der Waals surface area contributed by atoms with Crippen molar-refractivity contribution in [3.05, 3.63) is 143 Å². The fourth-order valence-corrected chi connectivity index (χ4v) is 5.00. The van der Waals surface area contributed by atoms with E-state index in [4.69, 9.17) is 10.5 Å². The van der Waals surface area contributed by atoms with E-state index >= 15 is 0 Å². The molecule has 204 valence electrons. The minimum absolute atomic E-state index is 0.0636. The molecule has 0 aliphatic rings. The number of nitrogens with two attached hydrogens (primary N) is 1. The van der Waals surface area contributed by atoms with Crippen molar-refractivity contribution in [1.29, 1.82) is 0 Å². The summed E-state index contributed by atoms with van der Waals surface area (Å²) in [7, 11) is 0. The van der Waals surface area contributed by atoms with Gasteiger partial charge < -0.3 is 15.6 Å². The molecule has 0 bridgehead atoms. The monoisotopic (exact) mass is 536 g/mol. The first-order valence-corrected chi connectivity index (χ1v) is 13.0. The van der Waals surface area contributed by atoms with Gasteiger partial charge in [-0.1, -0.05) is 121 Å². The number of hydrogen-bond donors (Lipinski definition) is 2. The largest absolute Gasteiger partial charge is 0.480 e. The summed E-state index contributed by atoms with van der Waals surface area (Å²) in [4.78, 5) is 40.3. The molecular weight excluding hydrogens is 504 g/mol. The molecule has 1 unspecified atom stereocenters. The zero-order chi connectivity index (χ0) is 28.5. The van der Waals surface area contributed by atoms with Gasteiger partial charge in [-0.2, -0.15) is 0 Å². The molecule has 0 saturated carbocycles. The Hall–Kier alpha value is -4.91. The van der Waals surface area contributed by atoms with Crippen LogP contribution in [0.3, 0.4) is 0 Å². The maximum atomic E-state index is 14.3. The van der Waals surface area contributed by atoms with Crippen molar-refractivity contribution >= 4 is 18.0 Å². The predicted octanol–water partition coefficient (Wildman–Crippen LogP) is 5.64. The Balaban J connectivity index is 2.01. The minimum Gasteiger partial charge on any atom is -0.480 e. The molecule has 7 heteroatoms. The van der Waals surface area contributed by atoms with Gasteiger partial charge in [0.25, 0.3) is 0 Å². The Morgan fingerprint density at radius 2 is 1.25 bits per heavy atom. The SMILES string of the molecule is Cc1ccc(C(c2ccccc2)(c2ccccc2)N(C(=O)OCc2ccccc2)C(CCC(N)=O)C(=O)O)cc1. The number of aryl methyl sites for hydroxylation is 1. The summed E-state index contributed by atoms with van der Waals surface area (Å²) in [6, 6.07) is 33.8. The summed E-state index contributed by atoms with van der Waals surface area (Å²) in [5, 5.41) is 10.5. The van der Waals surface area contributed by atoms with Gasteiger partial charge in [0.15, 0.2) is 0 Å². The van der Waals surface area contributed by atoms with Gasteiger partial charge in [0.1, 0.15) is 18.2 Å². The van der Waals surface area contributed by atoms with Crippen LogP contribution in [0, 0.1) is 6.92 Å². The first-order chi connectivity index (χ1) is 19.3. The van der Waals surface area contributed by atoms with Gasteiger partial charge in [0, 0.05) is 6.42 Å². The third kappa shape index (κ3) is 6.04. The Labute approximate surface area is 233 Å². The molecule has 4 rings (SSSR count). The molecule has 1 atom stereocenters. The number of aliphatic carboxylic acids is 1. The molecule has 3 N–H and O–H groups in total. The second kappa shape index (κ2) is 12.8. The summed E-state index contributed by atoms with van der Waals surface area (Å²) >= 11 is 0. The summed E-state index contributed by atoms with van der Waals surface area (Å²) < 4.78 is 5.83. The summed E-state index contributed by atoms with van der Waals surface area (Å²) in [5.41, 5.74) is 7.75. The fourth-order valence-electron chi connectivity index (χ4n) is 5.00. The second-order valence-corrected chi connectivity index (χ2v) is 9.58. The van der Waals surface area contributed by atoms with Crippen LogP contribution in [-0.2, 0) is 26.5 Å². The topological polar surface area (TPSA) is 110 Å². The molecule has 0 aliphatic heterocycles. The van der Waals surface area contributed by atoms with Crippen molar-refractivity contribution < 1.29 is 24.2 Å². The lowest BCUT2D eigenvalue weighted by Gasteiger charge is -2.47. The fraction of sp³-hybridized carbons (Fsp3) is 0.182. The molecule has 0 aromatic heterocycles. The number of benzene rings is 4. The van der Waals surface area contributed by atoms with Crippen LogP contribution in [0.1, 0.15) is 40.7 Å². The average Bonchev–Trinajstić information content (AvgIpc) is 2.97. The van der Waals surface area contributed by atoms with Crippen molar-refractivity contribution in [2.75, 3.05) is 0 Å². The standard InChI is InChI=1S/C33H32N2O5/c1-24-17-19-28(20-18-24)33(26-13-7-3-8-14-26,27-15-9-4-10-16-27)35(29(31(37)38)21-22-30(34)36)32(39)40-23-25-11-5-2-6-12-25/h2-20,29H,21-23H2,1H3,(H2,34,36)(H,37,38). The van der Waals surface area contributed by atoms with Gasteiger partial charge in [-0.25, -0.2) is 9.59 Å². The van der Waals surface area contributed by atoms with E-state index in [9.17, 15) is 19.5 Å². The van der Waals surface area contributed by atoms with Crippen molar-refractivity contribution in [3.63, 3.8) is 0 Å². The Morgan fingerprint density at radius 1 is 0.775 bits per heavy atom. The average molecular weight is 537 g/mol. The van der Waals surface area contributed by atoms with Crippen LogP contribution in [0.5, 0.6) is 0 Å². The lowest BCUT2D eigenvalue weighted by atomic mass is 9.74. The number of carbonyl (C=O) groups excluding carboxylic acids is 2. The highest BCUT2D eigenvalue weighted by atomic mass is 16.6. The summed E-state index contributed by atoms with van der Waals surface area (Å²) in [6.07, 6.45) is -1.26. The maximum absolute atomic E-state index is 14.3. The Kier molecular flexibility index (Phi) is 8.96. The molecule has 2 amide bonds. The molecular formula is C33H32N2O5. The number of rotatable bonds is 11. The first kappa shape index (κ1) is 28.1. The highest BCUT2D eigenvalue weighted by molar-refractivity contribution is 5.83. The number of amides is 2. The molecule has 0 radical (unpaired) electrons. The number of carboxylic acid groups (broad SMARTS) is 1. The van der Waals surface area contributed by atoms with Crippen LogP contribution in [0.2, 0.25) is 0 Å². The molecule has 4 aromatic carbocycles.